The normalized spacial score (nSPS) is 18.5. The number of hydrogen-bond donors (Lipinski definition) is 1. The van der Waals surface area contributed by atoms with Crippen LogP contribution < -0.4 is 4.74 Å². The summed E-state index contributed by atoms with van der Waals surface area (Å²) >= 11 is 2.02. The van der Waals surface area contributed by atoms with Gasteiger partial charge in [-0.2, -0.15) is 11.8 Å². The van der Waals surface area contributed by atoms with Gasteiger partial charge in [0.05, 0.1) is 0 Å². The first kappa shape index (κ1) is 15.9. The van der Waals surface area contributed by atoms with Gasteiger partial charge in [0, 0.05) is 24.4 Å². The minimum atomic E-state index is -0.941. The summed E-state index contributed by atoms with van der Waals surface area (Å²) in [7, 11) is 2.15. The molecule has 1 fully saturated rings. The Morgan fingerprint density at radius 2 is 2.24 bits per heavy atom. The fourth-order valence-electron chi connectivity index (χ4n) is 2.20. The molecule has 1 N–H and O–H groups in total. The van der Waals surface area contributed by atoms with Crippen molar-refractivity contribution in [2.75, 3.05) is 31.7 Å². The first-order chi connectivity index (χ1) is 10.1. The van der Waals surface area contributed by atoms with E-state index >= 15 is 0 Å². The van der Waals surface area contributed by atoms with Gasteiger partial charge in [-0.25, -0.2) is 4.79 Å². The number of thioether (sulfide) groups is 1. The molecule has 4 nitrogen and oxygen atoms in total. The molecule has 0 saturated carbocycles. The molecule has 114 valence electrons. The third-order valence-electron chi connectivity index (χ3n) is 3.54. The quantitative estimate of drug-likeness (QED) is 0.785. The van der Waals surface area contributed by atoms with E-state index in [9.17, 15) is 4.79 Å². The molecule has 1 aromatic rings. The predicted molar refractivity (Wildman–Crippen MR) is 87.0 cm³/mol. The van der Waals surface area contributed by atoms with Crippen LogP contribution in [0.5, 0.6) is 5.75 Å². The minimum absolute atomic E-state index is 0.669. The highest BCUT2D eigenvalue weighted by molar-refractivity contribution is 7.99. The zero-order chi connectivity index (χ0) is 15.1. The van der Waals surface area contributed by atoms with Crippen LogP contribution in [0.3, 0.4) is 0 Å². The molecule has 1 aliphatic rings. The highest BCUT2D eigenvalue weighted by atomic mass is 32.2. The van der Waals surface area contributed by atoms with E-state index in [1.54, 1.807) is 6.08 Å². The van der Waals surface area contributed by atoms with Crippen LogP contribution in [0, 0.1) is 0 Å². The monoisotopic (exact) mass is 307 g/mol. The second kappa shape index (κ2) is 8.10. The summed E-state index contributed by atoms with van der Waals surface area (Å²) < 4.78 is 5.73. The van der Waals surface area contributed by atoms with E-state index < -0.39 is 5.97 Å². The van der Waals surface area contributed by atoms with Crippen molar-refractivity contribution in [2.24, 2.45) is 0 Å². The SMILES string of the molecule is CN(CCOc1ccc(C=CC(=O)O)cc1)C1CCSC1. The fraction of sp³-hybridized carbons (Fsp3) is 0.438. The van der Waals surface area contributed by atoms with E-state index in [1.807, 2.05) is 36.0 Å². The van der Waals surface area contributed by atoms with Gasteiger partial charge in [-0.1, -0.05) is 12.1 Å². The summed E-state index contributed by atoms with van der Waals surface area (Å²) in [6.45, 7) is 1.59. The Morgan fingerprint density at radius 3 is 2.86 bits per heavy atom. The maximum absolute atomic E-state index is 10.4. The van der Waals surface area contributed by atoms with Gasteiger partial charge in [-0.15, -0.1) is 0 Å². The lowest BCUT2D eigenvalue weighted by molar-refractivity contribution is -0.131. The average molecular weight is 307 g/mol. The predicted octanol–water partition coefficient (Wildman–Crippen LogP) is 2.60. The van der Waals surface area contributed by atoms with Crippen molar-refractivity contribution in [1.29, 1.82) is 0 Å². The van der Waals surface area contributed by atoms with Crippen molar-refractivity contribution in [3.63, 3.8) is 0 Å². The number of rotatable bonds is 7. The lowest BCUT2D eigenvalue weighted by Crippen LogP contribution is -2.34. The molecule has 21 heavy (non-hydrogen) atoms. The van der Waals surface area contributed by atoms with Gasteiger partial charge in [-0.3, -0.25) is 4.90 Å². The molecule has 0 radical (unpaired) electrons. The Balaban J connectivity index is 1.74. The second-order valence-corrected chi connectivity index (χ2v) is 6.24. The molecule has 0 aliphatic carbocycles. The maximum atomic E-state index is 10.4. The molecule has 5 heteroatoms. The third-order valence-corrected chi connectivity index (χ3v) is 4.69. The number of carboxylic acid groups (broad SMARTS) is 1. The van der Waals surface area contributed by atoms with Crippen LogP contribution in [-0.4, -0.2) is 53.7 Å². The Morgan fingerprint density at radius 1 is 1.48 bits per heavy atom. The lowest BCUT2D eigenvalue weighted by Gasteiger charge is -2.23. The number of carbonyl (C=O) groups is 1. The Labute approximate surface area is 129 Å². The summed E-state index contributed by atoms with van der Waals surface area (Å²) in [5.74, 6) is 2.36. The van der Waals surface area contributed by atoms with Crippen molar-refractivity contribution >= 4 is 23.8 Å². The van der Waals surface area contributed by atoms with Crippen LogP contribution in [0.2, 0.25) is 0 Å². The van der Waals surface area contributed by atoms with Crippen LogP contribution in [-0.2, 0) is 4.79 Å². The van der Waals surface area contributed by atoms with Crippen molar-refractivity contribution in [3.05, 3.63) is 35.9 Å². The summed E-state index contributed by atoms with van der Waals surface area (Å²) in [6.07, 6.45) is 3.97. The molecule has 1 unspecified atom stereocenters. The number of benzene rings is 1. The summed E-state index contributed by atoms with van der Waals surface area (Å²) in [5.41, 5.74) is 0.852. The Bertz CT molecular complexity index is 481. The van der Waals surface area contributed by atoms with Gasteiger partial charge in [0.2, 0.25) is 0 Å². The molecular formula is C16H21NO3S. The molecule has 1 aliphatic heterocycles. The van der Waals surface area contributed by atoms with Crippen molar-refractivity contribution in [1.82, 2.24) is 4.90 Å². The summed E-state index contributed by atoms with van der Waals surface area (Å²) in [6, 6.07) is 8.13. The molecule has 0 amide bonds. The average Bonchev–Trinajstić information content (AvgIpc) is 3.00. The topological polar surface area (TPSA) is 49.8 Å². The molecule has 1 heterocycles. The molecule has 1 saturated heterocycles. The summed E-state index contributed by atoms with van der Waals surface area (Å²) in [5, 5.41) is 8.57. The van der Waals surface area contributed by atoms with Crippen LogP contribution in [0.4, 0.5) is 0 Å². The van der Waals surface area contributed by atoms with Crippen LogP contribution in [0.25, 0.3) is 6.08 Å². The number of hydrogen-bond acceptors (Lipinski definition) is 4. The van der Waals surface area contributed by atoms with Gasteiger partial charge in [0.1, 0.15) is 12.4 Å². The number of likely N-dealkylation sites (N-methyl/N-ethyl adjacent to an activating group) is 1. The first-order valence-electron chi connectivity index (χ1n) is 7.07. The molecule has 0 spiro atoms. The van der Waals surface area contributed by atoms with Crippen LogP contribution >= 0.6 is 11.8 Å². The maximum Gasteiger partial charge on any atom is 0.328 e. The smallest absolute Gasteiger partial charge is 0.328 e. The fourth-order valence-corrected chi connectivity index (χ4v) is 3.50. The standard InChI is InChI=1S/C16H21NO3S/c1-17(14-8-11-21-12-14)9-10-20-15-5-2-13(3-6-15)4-7-16(18)19/h2-7,14H,8-12H2,1H3,(H,18,19). The molecule has 0 aromatic heterocycles. The molecule has 0 bridgehead atoms. The molecule has 2 rings (SSSR count). The molecule has 1 atom stereocenters. The molecular weight excluding hydrogens is 286 g/mol. The van der Waals surface area contributed by atoms with E-state index in [0.29, 0.717) is 12.6 Å². The van der Waals surface area contributed by atoms with E-state index in [-0.39, 0.29) is 0 Å². The van der Waals surface area contributed by atoms with Crippen molar-refractivity contribution in [2.45, 2.75) is 12.5 Å². The first-order valence-corrected chi connectivity index (χ1v) is 8.22. The highest BCUT2D eigenvalue weighted by Gasteiger charge is 2.19. The minimum Gasteiger partial charge on any atom is -0.492 e. The summed E-state index contributed by atoms with van der Waals surface area (Å²) in [4.78, 5) is 12.8. The van der Waals surface area contributed by atoms with Gasteiger partial charge in [0.25, 0.3) is 0 Å². The number of carboxylic acids is 1. The van der Waals surface area contributed by atoms with E-state index in [1.165, 1.54) is 17.9 Å². The van der Waals surface area contributed by atoms with Gasteiger partial charge < -0.3 is 9.84 Å². The van der Waals surface area contributed by atoms with Crippen LogP contribution in [0.1, 0.15) is 12.0 Å². The van der Waals surface area contributed by atoms with Gasteiger partial charge in [-0.05, 0) is 43.0 Å². The number of nitrogens with zero attached hydrogens (tertiary/aromatic N) is 1. The second-order valence-electron chi connectivity index (χ2n) is 5.09. The largest absolute Gasteiger partial charge is 0.492 e. The Kier molecular flexibility index (Phi) is 6.14. The van der Waals surface area contributed by atoms with E-state index in [4.69, 9.17) is 9.84 Å². The number of aliphatic carboxylic acids is 1. The lowest BCUT2D eigenvalue weighted by atomic mass is 10.2. The van der Waals surface area contributed by atoms with Crippen LogP contribution in [0.15, 0.2) is 30.3 Å². The zero-order valence-electron chi connectivity index (χ0n) is 12.2. The van der Waals surface area contributed by atoms with Gasteiger partial charge in [0.15, 0.2) is 0 Å². The number of ether oxygens (including phenoxy) is 1. The Hall–Kier alpha value is -1.46. The third kappa shape index (κ3) is 5.44. The molecule has 1 aromatic carbocycles. The van der Waals surface area contributed by atoms with Crippen molar-refractivity contribution < 1.29 is 14.6 Å². The highest BCUT2D eigenvalue weighted by Crippen LogP contribution is 2.21. The zero-order valence-corrected chi connectivity index (χ0v) is 13.0. The van der Waals surface area contributed by atoms with Gasteiger partial charge >= 0.3 is 5.97 Å². The van der Waals surface area contributed by atoms with E-state index in [0.717, 1.165) is 23.9 Å². The van der Waals surface area contributed by atoms with E-state index in [2.05, 4.69) is 11.9 Å². The van der Waals surface area contributed by atoms with Crippen molar-refractivity contribution in [3.8, 4) is 5.75 Å².